The Bertz CT molecular complexity index is 513. The molecule has 1 aromatic carbocycles. The van der Waals surface area contributed by atoms with Crippen molar-refractivity contribution < 1.29 is 4.92 Å². The maximum Gasteiger partial charge on any atom is 0.382 e. The van der Waals surface area contributed by atoms with E-state index >= 15 is 0 Å². The highest BCUT2D eigenvalue weighted by molar-refractivity contribution is 6.37. The third-order valence-electron chi connectivity index (χ3n) is 1.89. The van der Waals surface area contributed by atoms with Gasteiger partial charge in [-0.25, -0.2) is 0 Å². The molecule has 0 bridgehead atoms. The number of aromatic nitrogens is 1. The molecule has 0 aliphatic rings. The zero-order chi connectivity index (χ0) is 10.1. The van der Waals surface area contributed by atoms with E-state index in [1.807, 2.05) is 6.07 Å². The maximum absolute atomic E-state index is 10.5. The topological polar surface area (TPSA) is 56.0 Å². The van der Waals surface area contributed by atoms with E-state index in [2.05, 4.69) is 4.98 Å². The summed E-state index contributed by atoms with van der Waals surface area (Å²) in [4.78, 5) is 13.6. The first kappa shape index (κ1) is 8.90. The van der Waals surface area contributed by atoms with Crippen LogP contribution in [-0.4, -0.2) is 9.91 Å². The summed E-state index contributed by atoms with van der Waals surface area (Å²) in [5.41, 5.74) is 0. The van der Waals surface area contributed by atoms with Gasteiger partial charge < -0.3 is 10.1 Å². The Kier molecular flexibility index (Phi) is 2.05. The van der Waals surface area contributed by atoms with E-state index in [0.29, 0.717) is 5.39 Å². The number of nitro groups is 1. The normalized spacial score (nSPS) is 10.4. The van der Waals surface area contributed by atoms with Crippen LogP contribution in [0.2, 0.25) is 5.02 Å². The van der Waals surface area contributed by atoms with E-state index in [1.165, 1.54) is 6.20 Å². The van der Waals surface area contributed by atoms with Crippen LogP contribution in [0.15, 0.2) is 30.5 Å². The molecule has 2 rings (SSSR count). The molecule has 5 heteroatoms. The summed E-state index contributed by atoms with van der Waals surface area (Å²) < 4.78 is 0. The van der Waals surface area contributed by atoms with Crippen molar-refractivity contribution in [1.82, 2.24) is 4.98 Å². The van der Waals surface area contributed by atoms with Crippen molar-refractivity contribution in [3.8, 4) is 0 Å². The summed E-state index contributed by atoms with van der Waals surface area (Å²) in [7, 11) is 0. The molecule has 0 aliphatic carbocycles. The van der Waals surface area contributed by atoms with Crippen molar-refractivity contribution in [1.29, 1.82) is 0 Å². The lowest BCUT2D eigenvalue weighted by atomic mass is 10.2. The number of hydrogen-bond acceptors (Lipinski definition) is 3. The van der Waals surface area contributed by atoms with E-state index < -0.39 is 4.92 Å². The Labute approximate surface area is 84.3 Å². The van der Waals surface area contributed by atoms with Crippen LogP contribution in [0.5, 0.6) is 0 Å². The van der Waals surface area contributed by atoms with Gasteiger partial charge in [-0.05, 0) is 9.91 Å². The SMILES string of the molecule is O=[N+]([O-])c1ncc2ccccc2c1Cl. The van der Waals surface area contributed by atoms with Crippen LogP contribution >= 0.6 is 11.6 Å². The summed E-state index contributed by atoms with van der Waals surface area (Å²) in [5, 5.41) is 12.1. The van der Waals surface area contributed by atoms with Gasteiger partial charge in [0.2, 0.25) is 0 Å². The predicted molar refractivity (Wildman–Crippen MR) is 53.4 cm³/mol. The van der Waals surface area contributed by atoms with Crippen molar-refractivity contribution in [3.63, 3.8) is 0 Å². The summed E-state index contributed by atoms with van der Waals surface area (Å²) in [6.07, 6.45) is 1.44. The van der Waals surface area contributed by atoms with Gasteiger partial charge >= 0.3 is 5.82 Å². The quantitative estimate of drug-likeness (QED) is 0.535. The molecule has 0 aliphatic heterocycles. The van der Waals surface area contributed by atoms with Gasteiger partial charge in [-0.15, -0.1) is 0 Å². The molecule has 0 saturated heterocycles. The Morgan fingerprint density at radius 2 is 2.07 bits per heavy atom. The Morgan fingerprint density at radius 1 is 1.36 bits per heavy atom. The van der Waals surface area contributed by atoms with Crippen LogP contribution in [0.25, 0.3) is 10.8 Å². The number of benzene rings is 1. The van der Waals surface area contributed by atoms with Crippen LogP contribution in [-0.2, 0) is 0 Å². The van der Waals surface area contributed by atoms with Crippen molar-refractivity contribution >= 4 is 28.2 Å². The zero-order valence-corrected chi connectivity index (χ0v) is 7.73. The zero-order valence-electron chi connectivity index (χ0n) is 6.98. The molecule has 4 nitrogen and oxygen atoms in total. The average molecular weight is 209 g/mol. The van der Waals surface area contributed by atoms with E-state index in [-0.39, 0.29) is 10.8 Å². The third-order valence-corrected chi connectivity index (χ3v) is 2.27. The van der Waals surface area contributed by atoms with Crippen molar-refractivity contribution in [3.05, 3.63) is 45.6 Å². The fraction of sp³-hybridized carbons (Fsp3) is 0. The average Bonchev–Trinajstić information content (AvgIpc) is 2.18. The van der Waals surface area contributed by atoms with Crippen molar-refractivity contribution in [2.75, 3.05) is 0 Å². The second-order valence-electron chi connectivity index (χ2n) is 2.74. The van der Waals surface area contributed by atoms with Gasteiger partial charge in [0.05, 0.1) is 0 Å². The third kappa shape index (κ3) is 1.29. The van der Waals surface area contributed by atoms with Crippen LogP contribution in [0.3, 0.4) is 0 Å². The van der Waals surface area contributed by atoms with Crippen molar-refractivity contribution in [2.45, 2.75) is 0 Å². The largest absolute Gasteiger partial charge is 0.382 e. The number of halogens is 1. The van der Waals surface area contributed by atoms with Gasteiger partial charge in [0.1, 0.15) is 11.2 Å². The summed E-state index contributed by atoms with van der Waals surface area (Å²) in [6, 6.07) is 7.13. The van der Waals surface area contributed by atoms with E-state index in [9.17, 15) is 10.1 Å². The highest BCUT2D eigenvalue weighted by Gasteiger charge is 2.16. The molecule has 0 radical (unpaired) electrons. The fourth-order valence-corrected chi connectivity index (χ4v) is 1.53. The summed E-state index contributed by atoms with van der Waals surface area (Å²) >= 11 is 5.83. The number of hydrogen-bond donors (Lipinski definition) is 0. The van der Waals surface area contributed by atoms with Gasteiger partial charge in [0.15, 0.2) is 0 Å². The molecule has 0 unspecified atom stereocenters. The van der Waals surface area contributed by atoms with Gasteiger partial charge in [-0.2, -0.15) is 0 Å². The molecule has 0 amide bonds. The molecular formula is C9H5ClN2O2. The van der Waals surface area contributed by atoms with E-state index in [0.717, 1.165) is 5.39 Å². The monoisotopic (exact) mass is 208 g/mol. The summed E-state index contributed by atoms with van der Waals surface area (Å²) in [5.74, 6) is -0.301. The van der Waals surface area contributed by atoms with Crippen LogP contribution < -0.4 is 0 Å². The lowest BCUT2D eigenvalue weighted by Crippen LogP contribution is -1.93. The van der Waals surface area contributed by atoms with Gasteiger partial charge in [-0.1, -0.05) is 35.9 Å². The molecule has 70 valence electrons. The molecule has 1 aromatic heterocycles. The number of fused-ring (bicyclic) bond motifs is 1. The lowest BCUT2D eigenvalue weighted by molar-refractivity contribution is -0.389. The molecular weight excluding hydrogens is 204 g/mol. The predicted octanol–water partition coefficient (Wildman–Crippen LogP) is 2.80. The van der Waals surface area contributed by atoms with E-state index in [1.54, 1.807) is 18.2 Å². The smallest absolute Gasteiger partial charge is 0.358 e. The lowest BCUT2D eigenvalue weighted by Gasteiger charge is -1.98. The number of rotatable bonds is 1. The van der Waals surface area contributed by atoms with Gasteiger partial charge in [-0.3, -0.25) is 0 Å². The highest BCUT2D eigenvalue weighted by atomic mass is 35.5. The molecule has 0 atom stereocenters. The molecule has 0 spiro atoms. The second-order valence-corrected chi connectivity index (χ2v) is 3.12. The number of pyridine rings is 1. The van der Waals surface area contributed by atoms with Gasteiger partial charge in [0.25, 0.3) is 0 Å². The molecule has 1 heterocycles. The minimum absolute atomic E-state index is 0.0908. The Morgan fingerprint density at radius 3 is 2.79 bits per heavy atom. The first-order chi connectivity index (χ1) is 6.70. The Hall–Kier alpha value is -1.68. The van der Waals surface area contributed by atoms with E-state index in [4.69, 9.17) is 11.6 Å². The first-order valence-electron chi connectivity index (χ1n) is 3.88. The highest BCUT2D eigenvalue weighted by Crippen LogP contribution is 2.29. The van der Waals surface area contributed by atoms with Crippen LogP contribution in [0, 0.1) is 10.1 Å². The van der Waals surface area contributed by atoms with Crippen LogP contribution in [0.4, 0.5) is 5.82 Å². The molecule has 0 fully saturated rings. The fourth-order valence-electron chi connectivity index (χ4n) is 1.24. The molecule has 14 heavy (non-hydrogen) atoms. The first-order valence-corrected chi connectivity index (χ1v) is 4.25. The molecule has 2 aromatic rings. The number of nitrogens with zero attached hydrogens (tertiary/aromatic N) is 2. The standard InChI is InChI=1S/C9H5ClN2O2/c10-8-7-4-2-1-3-6(7)5-11-9(8)12(13)14/h1-5H. The maximum atomic E-state index is 10.5. The molecule has 0 N–H and O–H groups in total. The van der Waals surface area contributed by atoms with Gasteiger partial charge in [0, 0.05) is 10.8 Å². The molecule has 0 saturated carbocycles. The second kappa shape index (κ2) is 3.23. The summed E-state index contributed by atoms with van der Waals surface area (Å²) in [6.45, 7) is 0. The van der Waals surface area contributed by atoms with Crippen LogP contribution in [0.1, 0.15) is 0 Å². The minimum Gasteiger partial charge on any atom is -0.358 e. The Balaban J connectivity index is 2.81. The minimum atomic E-state index is -0.589. The van der Waals surface area contributed by atoms with Crippen molar-refractivity contribution in [2.24, 2.45) is 0 Å².